The molecule has 0 aliphatic carbocycles. The number of ether oxygens (including phenoxy) is 1. The van der Waals surface area contributed by atoms with Crippen molar-refractivity contribution in [3.8, 4) is 5.75 Å². The van der Waals surface area contributed by atoms with Gasteiger partial charge >= 0.3 is 0 Å². The van der Waals surface area contributed by atoms with Gasteiger partial charge in [0.15, 0.2) is 6.61 Å². The molecular weight excluding hydrogens is 340 g/mol. The van der Waals surface area contributed by atoms with Gasteiger partial charge in [-0.1, -0.05) is 48.0 Å². The molecule has 1 aliphatic heterocycles. The zero-order valence-electron chi connectivity index (χ0n) is 16.0. The summed E-state index contributed by atoms with van der Waals surface area (Å²) in [6, 6.07) is 15.7. The smallest absolute Gasteiger partial charge is 0.260 e. The number of rotatable bonds is 5. The molecule has 1 aliphatic rings. The number of piperazine rings is 1. The third-order valence-electron chi connectivity index (χ3n) is 4.86. The molecule has 0 saturated carbocycles. The van der Waals surface area contributed by atoms with Crippen LogP contribution < -0.4 is 4.74 Å². The highest BCUT2D eigenvalue weighted by Crippen LogP contribution is 2.18. The van der Waals surface area contributed by atoms with Crippen LogP contribution in [0.2, 0.25) is 0 Å². The van der Waals surface area contributed by atoms with Gasteiger partial charge in [-0.2, -0.15) is 0 Å². The Morgan fingerprint density at radius 3 is 2.15 bits per heavy atom. The molecule has 2 aromatic rings. The van der Waals surface area contributed by atoms with Gasteiger partial charge in [0, 0.05) is 26.2 Å². The monoisotopic (exact) mass is 366 g/mol. The standard InChI is InChI=1S/C22H26N2O3/c1-17-8-9-20(18(2)14-17)27-16-22(26)24-12-10-23(11-13-24)21(25)15-19-6-4-3-5-7-19/h3-9,14H,10-13,15-16H2,1-2H3. The van der Waals surface area contributed by atoms with Crippen LogP contribution in [0.1, 0.15) is 16.7 Å². The minimum absolute atomic E-state index is 0.0296. The largest absolute Gasteiger partial charge is 0.484 e. The van der Waals surface area contributed by atoms with E-state index in [1.807, 2.05) is 67.3 Å². The van der Waals surface area contributed by atoms with Crippen LogP contribution in [0.5, 0.6) is 5.75 Å². The predicted octanol–water partition coefficient (Wildman–Crippen LogP) is 2.60. The lowest BCUT2D eigenvalue weighted by Crippen LogP contribution is -2.52. The second kappa shape index (κ2) is 8.71. The Balaban J connectivity index is 1.45. The average molecular weight is 366 g/mol. The van der Waals surface area contributed by atoms with Crippen molar-refractivity contribution in [2.45, 2.75) is 20.3 Å². The van der Waals surface area contributed by atoms with Crippen molar-refractivity contribution < 1.29 is 14.3 Å². The van der Waals surface area contributed by atoms with Crippen molar-refractivity contribution in [2.75, 3.05) is 32.8 Å². The normalized spacial score (nSPS) is 14.1. The summed E-state index contributed by atoms with van der Waals surface area (Å²) >= 11 is 0. The topological polar surface area (TPSA) is 49.9 Å². The number of carbonyl (C=O) groups excluding carboxylic acids is 2. The number of aryl methyl sites for hydroxylation is 2. The van der Waals surface area contributed by atoms with Gasteiger partial charge in [0.25, 0.3) is 5.91 Å². The summed E-state index contributed by atoms with van der Waals surface area (Å²) < 4.78 is 5.69. The van der Waals surface area contributed by atoms with Gasteiger partial charge in [-0.25, -0.2) is 0 Å². The number of carbonyl (C=O) groups is 2. The van der Waals surface area contributed by atoms with Gasteiger partial charge in [-0.3, -0.25) is 9.59 Å². The summed E-state index contributed by atoms with van der Waals surface area (Å²) in [4.78, 5) is 28.4. The molecule has 1 heterocycles. The highest BCUT2D eigenvalue weighted by Gasteiger charge is 2.24. The molecule has 3 rings (SSSR count). The molecule has 5 nitrogen and oxygen atoms in total. The molecule has 0 radical (unpaired) electrons. The van der Waals surface area contributed by atoms with Crippen LogP contribution in [0, 0.1) is 13.8 Å². The fourth-order valence-electron chi connectivity index (χ4n) is 3.28. The van der Waals surface area contributed by atoms with E-state index in [1.54, 1.807) is 4.90 Å². The third kappa shape index (κ3) is 5.09. The van der Waals surface area contributed by atoms with Crippen LogP contribution >= 0.6 is 0 Å². The van der Waals surface area contributed by atoms with Crippen molar-refractivity contribution in [2.24, 2.45) is 0 Å². The number of amides is 2. The Bertz CT molecular complexity index is 796. The molecule has 1 fully saturated rings. The van der Waals surface area contributed by atoms with Crippen molar-refractivity contribution in [1.82, 2.24) is 9.80 Å². The molecule has 2 aromatic carbocycles. The summed E-state index contributed by atoms with van der Waals surface area (Å²) in [5.74, 6) is 0.815. The zero-order valence-corrected chi connectivity index (χ0v) is 16.0. The van der Waals surface area contributed by atoms with Crippen LogP contribution in [0.15, 0.2) is 48.5 Å². The zero-order chi connectivity index (χ0) is 19.2. The van der Waals surface area contributed by atoms with Gasteiger partial charge in [0.1, 0.15) is 5.75 Å². The maximum absolute atomic E-state index is 12.4. The molecule has 0 atom stereocenters. The lowest BCUT2D eigenvalue weighted by Gasteiger charge is -2.34. The quantitative estimate of drug-likeness (QED) is 0.817. The maximum atomic E-state index is 12.4. The van der Waals surface area contributed by atoms with Crippen LogP contribution in [-0.2, 0) is 16.0 Å². The first-order valence-electron chi connectivity index (χ1n) is 9.32. The van der Waals surface area contributed by atoms with Crippen LogP contribution in [0.3, 0.4) is 0 Å². The lowest BCUT2D eigenvalue weighted by atomic mass is 10.1. The molecular formula is C22H26N2O3. The van der Waals surface area contributed by atoms with Crippen LogP contribution in [-0.4, -0.2) is 54.4 Å². The van der Waals surface area contributed by atoms with Gasteiger partial charge in [-0.15, -0.1) is 0 Å². The molecule has 1 saturated heterocycles. The Morgan fingerprint density at radius 1 is 0.889 bits per heavy atom. The van der Waals surface area contributed by atoms with E-state index in [2.05, 4.69) is 0 Å². The highest BCUT2D eigenvalue weighted by molar-refractivity contribution is 5.80. The van der Waals surface area contributed by atoms with Gasteiger partial charge < -0.3 is 14.5 Å². The third-order valence-corrected chi connectivity index (χ3v) is 4.86. The van der Waals surface area contributed by atoms with E-state index in [0.717, 1.165) is 16.9 Å². The first kappa shape index (κ1) is 19.0. The van der Waals surface area contributed by atoms with E-state index in [9.17, 15) is 9.59 Å². The van der Waals surface area contributed by atoms with Crippen LogP contribution in [0.25, 0.3) is 0 Å². The van der Waals surface area contributed by atoms with E-state index in [4.69, 9.17) is 4.74 Å². The molecule has 0 N–H and O–H groups in total. The molecule has 0 spiro atoms. The van der Waals surface area contributed by atoms with E-state index < -0.39 is 0 Å². The number of hydrogen-bond acceptors (Lipinski definition) is 3. The summed E-state index contributed by atoms with van der Waals surface area (Å²) in [6.45, 7) is 6.28. The average Bonchev–Trinajstić information content (AvgIpc) is 2.68. The molecule has 27 heavy (non-hydrogen) atoms. The number of hydrogen-bond donors (Lipinski definition) is 0. The van der Waals surface area contributed by atoms with Crippen molar-refractivity contribution in [1.29, 1.82) is 0 Å². The Kier molecular flexibility index (Phi) is 6.12. The first-order valence-corrected chi connectivity index (χ1v) is 9.32. The first-order chi connectivity index (χ1) is 13.0. The fourth-order valence-corrected chi connectivity index (χ4v) is 3.28. The second-order valence-corrected chi connectivity index (χ2v) is 6.98. The minimum atomic E-state index is -0.0369. The highest BCUT2D eigenvalue weighted by atomic mass is 16.5. The summed E-state index contributed by atoms with van der Waals surface area (Å²) in [5.41, 5.74) is 3.21. The Labute approximate surface area is 160 Å². The van der Waals surface area contributed by atoms with Crippen LogP contribution in [0.4, 0.5) is 0 Å². The Morgan fingerprint density at radius 2 is 1.52 bits per heavy atom. The van der Waals surface area contributed by atoms with E-state index in [1.165, 1.54) is 5.56 Å². The molecule has 5 heteroatoms. The van der Waals surface area contributed by atoms with Crippen molar-refractivity contribution >= 4 is 11.8 Å². The fraction of sp³-hybridized carbons (Fsp3) is 0.364. The summed E-state index contributed by atoms with van der Waals surface area (Å²) in [7, 11) is 0. The maximum Gasteiger partial charge on any atom is 0.260 e. The van der Waals surface area contributed by atoms with E-state index in [-0.39, 0.29) is 18.4 Å². The molecule has 142 valence electrons. The predicted molar refractivity (Wildman–Crippen MR) is 105 cm³/mol. The van der Waals surface area contributed by atoms with Gasteiger partial charge in [0.2, 0.25) is 5.91 Å². The van der Waals surface area contributed by atoms with E-state index in [0.29, 0.717) is 32.6 Å². The molecule has 0 unspecified atom stereocenters. The lowest BCUT2D eigenvalue weighted by molar-refractivity contribution is -0.140. The van der Waals surface area contributed by atoms with Crippen molar-refractivity contribution in [3.05, 3.63) is 65.2 Å². The Hall–Kier alpha value is -2.82. The number of benzene rings is 2. The molecule has 0 aromatic heterocycles. The summed E-state index contributed by atoms with van der Waals surface area (Å²) in [6.07, 6.45) is 0.407. The molecule has 2 amide bonds. The minimum Gasteiger partial charge on any atom is -0.484 e. The number of nitrogens with zero attached hydrogens (tertiary/aromatic N) is 2. The van der Waals surface area contributed by atoms with Crippen molar-refractivity contribution in [3.63, 3.8) is 0 Å². The summed E-state index contributed by atoms with van der Waals surface area (Å²) in [5, 5.41) is 0. The van der Waals surface area contributed by atoms with Gasteiger partial charge in [0.05, 0.1) is 6.42 Å². The second-order valence-electron chi connectivity index (χ2n) is 6.98. The SMILES string of the molecule is Cc1ccc(OCC(=O)N2CCN(C(=O)Cc3ccccc3)CC2)c(C)c1. The van der Waals surface area contributed by atoms with Gasteiger partial charge in [-0.05, 0) is 31.0 Å². The van der Waals surface area contributed by atoms with E-state index >= 15 is 0 Å². The molecule has 0 bridgehead atoms.